The molecule has 0 saturated heterocycles. The summed E-state index contributed by atoms with van der Waals surface area (Å²) < 4.78 is 3.56. The van der Waals surface area contributed by atoms with Crippen LogP contribution in [0.4, 0.5) is 5.82 Å². The Morgan fingerprint density at radius 3 is 2.79 bits per heavy atom. The molecular formula is C8H12N6. The minimum atomic E-state index is 0.438. The van der Waals surface area contributed by atoms with Crippen LogP contribution in [-0.2, 0) is 13.1 Å². The number of aryl methyl sites for hydroxylation is 1. The van der Waals surface area contributed by atoms with Crippen molar-refractivity contribution in [3.8, 4) is 0 Å². The van der Waals surface area contributed by atoms with E-state index >= 15 is 0 Å². The first-order chi connectivity index (χ1) is 6.78. The molecule has 0 aliphatic heterocycles. The predicted octanol–water partition coefficient (Wildman–Crippen LogP) is 0.125. The van der Waals surface area contributed by atoms with E-state index in [2.05, 4.69) is 15.4 Å². The molecule has 2 heterocycles. The van der Waals surface area contributed by atoms with Crippen LogP contribution in [-0.4, -0.2) is 24.8 Å². The van der Waals surface area contributed by atoms with Gasteiger partial charge in [-0.15, -0.1) is 5.10 Å². The van der Waals surface area contributed by atoms with Gasteiger partial charge in [-0.05, 0) is 6.92 Å². The quantitative estimate of drug-likeness (QED) is 0.749. The number of aromatic nitrogens is 5. The van der Waals surface area contributed by atoms with Gasteiger partial charge in [-0.3, -0.25) is 4.68 Å². The summed E-state index contributed by atoms with van der Waals surface area (Å²) in [6.45, 7) is 3.58. The number of nitrogen functional groups attached to an aromatic ring is 1. The Morgan fingerprint density at radius 1 is 1.36 bits per heavy atom. The van der Waals surface area contributed by atoms with Gasteiger partial charge in [0.15, 0.2) is 5.82 Å². The van der Waals surface area contributed by atoms with Crippen molar-refractivity contribution in [3.05, 3.63) is 24.2 Å². The predicted molar refractivity (Wildman–Crippen MR) is 51.4 cm³/mol. The average Bonchev–Trinajstić information content (AvgIpc) is 2.76. The highest BCUT2D eigenvalue weighted by Crippen LogP contribution is 2.01. The number of rotatable bonds is 3. The van der Waals surface area contributed by atoms with Gasteiger partial charge >= 0.3 is 0 Å². The Balaban J connectivity index is 2.10. The lowest BCUT2D eigenvalue weighted by atomic mass is 10.4. The molecule has 0 aliphatic rings. The molecule has 0 spiro atoms. The maximum atomic E-state index is 5.45. The summed E-state index contributed by atoms with van der Waals surface area (Å²) in [5.74, 6) is 0.438. The van der Waals surface area contributed by atoms with E-state index in [0.29, 0.717) is 12.4 Å². The molecule has 2 aromatic heterocycles. The average molecular weight is 192 g/mol. The molecule has 14 heavy (non-hydrogen) atoms. The van der Waals surface area contributed by atoms with Gasteiger partial charge in [-0.2, -0.15) is 5.10 Å². The minimum Gasteiger partial charge on any atom is -0.381 e. The fraction of sp³-hybridized carbons (Fsp3) is 0.375. The van der Waals surface area contributed by atoms with E-state index in [1.807, 2.05) is 24.0 Å². The van der Waals surface area contributed by atoms with Crippen molar-refractivity contribution in [2.75, 3.05) is 5.73 Å². The largest absolute Gasteiger partial charge is 0.381 e. The van der Waals surface area contributed by atoms with Gasteiger partial charge in [0.25, 0.3) is 0 Å². The fourth-order valence-electron chi connectivity index (χ4n) is 1.24. The zero-order valence-corrected chi connectivity index (χ0v) is 7.96. The van der Waals surface area contributed by atoms with Crippen molar-refractivity contribution in [3.63, 3.8) is 0 Å². The molecule has 6 nitrogen and oxygen atoms in total. The Labute approximate surface area is 81.3 Å². The summed E-state index contributed by atoms with van der Waals surface area (Å²) in [7, 11) is 0. The van der Waals surface area contributed by atoms with Gasteiger partial charge < -0.3 is 5.73 Å². The summed E-state index contributed by atoms with van der Waals surface area (Å²) in [5, 5.41) is 11.7. The van der Waals surface area contributed by atoms with Gasteiger partial charge in [0.1, 0.15) is 0 Å². The standard InChI is InChI=1S/C8H12N6/c1-2-13-4-7(3-10-13)5-14-6-8(9)11-12-14/h3-4,6H,2,5,9H2,1H3. The van der Waals surface area contributed by atoms with Gasteiger partial charge in [-0.25, -0.2) is 4.68 Å². The molecular weight excluding hydrogens is 180 g/mol. The van der Waals surface area contributed by atoms with Crippen molar-refractivity contribution < 1.29 is 0 Å². The van der Waals surface area contributed by atoms with Gasteiger partial charge in [0.2, 0.25) is 0 Å². The highest BCUT2D eigenvalue weighted by molar-refractivity contribution is 5.20. The van der Waals surface area contributed by atoms with Crippen LogP contribution in [0.5, 0.6) is 0 Å². The lowest BCUT2D eigenvalue weighted by Gasteiger charge is -1.95. The van der Waals surface area contributed by atoms with Crippen LogP contribution >= 0.6 is 0 Å². The van der Waals surface area contributed by atoms with Gasteiger partial charge in [0.05, 0.1) is 18.9 Å². The summed E-state index contributed by atoms with van der Waals surface area (Å²) >= 11 is 0. The summed E-state index contributed by atoms with van der Waals surface area (Å²) in [6.07, 6.45) is 5.50. The molecule has 0 aromatic carbocycles. The third-order valence-corrected chi connectivity index (χ3v) is 1.91. The molecule has 74 valence electrons. The first kappa shape index (κ1) is 8.74. The maximum Gasteiger partial charge on any atom is 0.165 e. The van der Waals surface area contributed by atoms with Crippen LogP contribution in [0.15, 0.2) is 18.6 Å². The lowest BCUT2D eigenvalue weighted by molar-refractivity contribution is 0.642. The molecule has 6 heteroatoms. The highest BCUT2D eigenvalue weighted by Gasteiger charge is 2.00. The Hall–Kier alpha value is -1.85. The van der Waals surface area contributed by atoms with E-state index in [1.165, 1.54) is 0 Å². The van der Waals surface area contributed by atoms with Gasteiger partial charge in [0, 0.05) is 18.3 Å². The number of nitrogens with zero attached hydrogens (tertiary/aromatic N) is 5. The third kappa shape index (κ3) is 1.73. The topological polar surface area (TPSA) is 74.5 Å². The molecule has 0 fully saturated rings. The Bertz CT molecular complexity index is 415. The zero-order valence-electron chi connectivity index (χ0n) is 7.96. The van der Waals surface area contributed by atoms with Crippen LogP contribution in [0.3, 0.4) is 0 Å². The summed E-state index contributed by atoms with van der Waals surface area (Å²) in [6, 6.07) is 0. The van der Waals surface area contributed by atoms with Crippen molar-refractivity contribution in [1.82, 2.24) is 24.8 Å². The molecule has 0 atom stereocenters. The van der Waals surface area contributed by atoms with E-state index in [4.69, 9.17) is 5.73 Å². The smallest absolute Gasteiger partial charge is 0.165 e. The molecule has 2 aromatic rings. The van der Waals surface area contributed by atoms with Crippen molar-refractivity contribution >= 4 is 5.82 Å². The van der Waals surface area contributed by atoms with E-state index < -0.39 is 0 Å². The van der Waals surface area contributed by atoms with Crippen LogP contribution < -0.4 is 5.73 Å². The zero-order chi connectivity index (χ0) is 9.97. The first-order valence-corrected chi connectivity index (χ1v) is 4.45. The third-order valence-electron chi connectivity index (χ3n) is 1.91. The van der Waals surface area contributed by atoms with Crippen molar-refractivity contribution in [1.29, 1.82) is 0 Å². The molecule has 2 N–H and O–H groups in total. The number of anilines is 1. The van der Waals surface area contributed by atoms with Crippen LogP contribution in [0.2, 0.25) is 0 Å². The first-order valence-electron chi connectivity index (χ1n) is 4.45. The second-order valence-corrected chi connectivity index (χ2v) is 3.05. The molecule has 0 amide bonds. The molecule has 0 aliphatic carbocycles. The molecule has 0 unspecified atom stereocenters. The fourth-order valence-corrected chi connectivity index (χ4v) is 1.24. The van der Waals surface area contributed by atoms with Gasteiger partial charge in [-0.1, -0.05) is 5.21 Å². The SMILES string of the molecule is CCn1cc(Cn2cc(N)nn2)cn1. The van der Waals surface area contributed by atoms with Crippen LogP contribution in [0.25, 0.3) is 0 Å². The molecule has 2 rings (SSSR count). The van der Waals surface area contributed by atoms with E-state index in [9.17, 15) is 0 Å². The van der Waals surface area contributed by atoms with Crippen LogP contribution in [0.1, 0.15) is 12.5 Å². The van der Waals surface area contributed by atoms with Crippen molar-refractivity contribution in [2.24, 2.45) is 0 Å². The van der Waals surface area contributed by atoms with E-state index in [-0.39, 0.29) is 0 Å². The maximum absolute atomic E-state index is 5.45. The van der Waals surface area contributed by atoms with E-state index in [0.717, 1.165) is 12.1 Å². The number of nitrogens with two attached hydrogens (primary N) is 1. The Kier molecular flexibility index (Phi) is 2.18. The second kappa shape index (κ2) is 3.49. The molecule has 0 bridgehead atoms. The van der Waals surface area contributed by atoms with Crippen LogP contribution in [0, 0.1) is 0 Å². The normalized spacial score (nSPS) is 10.6. The summed E-state index contributed by atoms with van der Waals surface area (Å²) in [5.41, 5.74) is 6.54. The van der Waals surface area contributed by atoms with Crippen molar-refractivity contribution in [2.45, 2.75) is 20.0 Å². The molecule has 0 radical (unpaired) electrons. The summed E-state index contributed by atoms with van der Waals surface area (Å²) in [4.78, 5) is 0. The number of hydrogen-bond acceptors (Lipinski definition) is 4. The lowest BCUT2D eigenvalue weighted by Crippen LogP contribution is -1.99. The highest BCUT2D eigenvalue weighted by atomic mass is 15.4. The minimum absolute atomic E-state index is 0.438. The van der Waals surface area contributed by atoms with E-state index in [1.54, 1.807) is 10.9 Å². The number of hydrogen-bond donors (Lipinski definition) is 1. The monoisotopic (exact) mass is 192 g/mol. The second-order valence-electron chi connectivity index (χ2n) is 3.05. The Morgan fingerprint density at radius 2 is 2.21 bits per heavy atom. The molecule has 0 saturated carbocycles.